The SMILES string of the molecule is [CH2]c1cccc(-c2ccccc2CCCCC)c1. The molecular weight excluding hydrogens is 216 g/mol. The van der Waals surface area contributed by atoms with Crippen LogP contribution < -0.4 is 0 Å². The van der Waals surface area contributed by atoms with Crippen LogP contribution in [0.3, 0.4) is 0 Å². The molecule has 0 amide bonds. The molecular formula is C18H21. The van der Waals surface area contributed by atoms with Crippen molar-refractivity contribution in [3.63, 3.8) is 0 Å². The van der Waals surface area contributed by atoms with Gasteiger partial charge in [0.2, 0.25) is 0 Å². The van der Waals surface area contributed by atoms with Gasteiger partial charge in [-0.2, -0.15) is 0 Å². The summed E-state index contributed by atoms with van der Waals surface area (Å²) in [6, 6.07) is 17.2. The molecule has 0 aliphatic rings. The minimum Gasteiger partial charge on any atom is -0.0654 e. The summed E-state index contributed by atoms with van der Waals surface area (Å²) in [5.41, 5.74) is 5.18. The highest BCUT2D eigenvalue weighted by Gasteiger charge is 2.04. The van der Waals surface area contributed by atoms with Gasteiger partial charge in [-0.25, -0.2) is 0 Å². The molecule has 2 rings (SSSR count). The van der Waals surface area contributed by atoms with Crippen molar-refractivity contribution in [1.29, 1.82) is 0 Å². The quantitative estimate of drug-likeness (QED) is 0.621. The normalized spacial score (nSPS) is 10.6. The Morgan fingerprint density at radius 2 is 1.78 bits per heavy atom. The maximum Gasteiger partial charge on any atom is -0.0152 e. The van der Waals surface area contributed by atoms with Crippen molar-refractivity contribution in [3.8, 4) is 11.1 Å². The molecule has 2 aromatic carbocycles. The predicted octanol–water partition coefficient (Wildman–Crippen LogP) is 5.27. The highest BCUT2D eigenvalue weighted by atomic mass is 14.1. The highest BCUT2D eigenvalue weighted by Crippen LogP contribution is 2.25. The molecule has 0 unspecified atom stereocenters. The fourth-order valence-corrected chi connectivity index (χ4v) is 2.32. The van der Waals surface area contributed by atoms with E-state index in [9.17, 15) is 0 Å². The van der Waals surface area contributed by atoms with Crippen molar-refractivity contribution >= 4 is 0 Å². The Bertz CT molecular complexity index is 497. The standard InChI is InChI=1S/C18H21/c1-3-4-5-10-16-11-6-7-13-18(16)17-12-8-9-15(2)14-17/h6-9,11-14H,2-5,10H2,1H3. The smallest absolute Gasteiger partial charge is 0.0152 e. The van der Waals surface area contributed by atoms with Gasteiger partial charge in [-0.3, -0.25) is 0 Å². The van der Waals surface area contributed by atoms with Crippen molar-refractivity contribution in [2.75, 3.05) is 0 Å². The third-order valence-corrected chi connectivity index (χ3v) is 3.31. The molecule has 18 heavy (non-hydrogen) atoms. The minimum atomic E-state index is 1.08. The Morgan fingerprint density at radius 1 is 0.944 bits per heavy atom. The summed E-state index contributed by atoms with van der Waals surface area (Å²) in [7, 11) is 0. The first-order valence-corrected chi connectivity index (χ1v) is 6.81. The Hall–Kier alpha value is -1.56. The first kappa shape index (κ1) is 12.9. The minimum absolute atomic E-state index is 1.08. The largest absolute Gasteiger partial charge is 0.0654 e. The average Bonchev–Trinajstić information content (AvgIpc) is 2.40. The van der Waals surface area contributed by atoms with Crippen molar-refractivity contribution in [2.45, 2.75) is 32.6 Å². The summed E-state index contributed by atoms with van der Waals surface area (Å²) in [4.78, 5) is 0. The van der Waals surface area contributed by atoms with E-state index in [1.54, 1.807) is 0 Å². The Kier molecular flexibility index (Phi) is 4.58. The molecule has 0 N–H and O–H groups in total. The molecule has 0 saturated carbocycles. The fourth-order valence-electron chi connectivity index (χ4n) is 2.32. The van der Waals surface area contributed by atoms with E-state index in [2.05, 4.69) is 56.3 Å². The van der Waals surface area contributed by atoms with E-state index in [0.29, 0.717) is 0 Å². The maximum absolute atomic E-state index is 4.01. The summed E-state index contributed by atoms with van der Waals surface area (Å²) in [6.45, 7) is 6.26. The monoisotopic (exact) mass is 237 g/mol. The van der Waals surface area contributed by atoms with Crippen molar-refractivity contribution in [1.82, 2.24) is 0 Å². The zero-order valence-electron chi connectivity index (χ0n) is 11.2. The number of unbranched alkanes of at least 4 members (excludes halogenated alkanes) is 2. The van der Waals surface area contributed by atoms with Gasteiger partial charge in [-0.1, -0.05) is 68.3 Å². The Morgan fingerprint density at radius 3 is 2.56 bits per heavy atom. The van der Waals surface area contributed by atoms with Gasteiger partial charge in [0.25, 0.3) is 0 Å². The molecule has 0 aliphatic carbocycles. The first-order valence-electron chi connectivity index (χ1n) is 6.81. The van der Waals surface area contributed by atoms with Gasteiger partial charge in [-0.15, -0.1) is 0 Å². The van der Waals surface area contributed by atoms with E-state index in [4.69, 9.17) is 0 Å². The lowest BCUT2D eigenvalue weighted by Crippen LogP contribution is -1.90. The summed E-state index contributed by atoms with van der Waals surface area (Å²) >= 11 is 0. The molecule has 93 valence electrons. The van der Waals surface area contributed by atoms with Crippen LogP contribution in [0.15, 0.2) is 48.5 Å². The number of aryl methyl sites for hydroxylation is 1. The van der Waals surface area contributed by atoms with Crippen LogP contribution in [0, 0.1) is 6.92 Å². The summed E-state index contributed by atoms with van der Waals surface area (Å²) < 4.78 is 0. The number of benzene rings is 2. The fraction of sp³-hybridized carbons (Fsp3) is 0.278. The molecule has 0 spiro atoms. The lowest BCUT2D eigenvalue weighted by atomic mass is 9.95. The molecule has 0 saturated heterocycles. The summed E-state index contributed by atoms with van der Waals surface area (Å²) in [5, 5.41) is 0. The molecule has 1 radical (unpaired) electrons. The van der Waals surface area contributed by atoms with Gasteiger partial charge in [0.1, 0.15) is 0 Å². The predicted molar refractivity (Wildman–Crippen MR) is 79.6 cm³/mol. The second kappa shape index (κ2) is 6.39. The molecule has 0 heterocycles. The van der Waals surface area contributed by atoms with E-state index in [1.807, 2.05) is 6.07 Å². The number of rotatable bonds is 5. The zero-order chi connectivity index (χ0) is 12.8. The molecule has 0 fully saturated rings. The van der Waals surface area contributed by atoms with Crippen LogP contribution >= 0.6 is 0 Å². The third-order valence-electron chi connectivity index (χ3n) is 3.31. The lowest BCUT2D eigenvalue weighted by Gasteiger charge is -2.10. The van der Waals surface area contributed by atoms with Crippen LogP contribution in [0.5, 0.6) is 0 Å². The van der Waals surface area contributed by atoms with Gasteiger partial charge in [0.05, 0.1) is 0 Å². The molecule has 0 nitrogen and oxygen atoms in total. The second-order valence-corrected chi connectivity index (χ2v) is 4.81. The molecule has 0 aromatic heterocycles. The number of hydrogen-bond donors (Lipinski definition) is 0. The summed E-state index contributed by atoms with van der Waals surface area (Å²) in [5.74, 6) is 0. The van der Waals surface area contributed by atoms with Crippen LogP contribution in [0.25, 0.3) is 11.1 Å². The van der Waals surface area contributed by atoms with E-state index in [-0.39, 0.29) is 0 Å². The van der Waals surface area contributed by atoms with Gasteiger partial charge < -0.3 is 0 Å². The van der Waals surface area contributed by atoms with Crippen LogP contribution in [-0.2, 0) is 6.42 Å². The first-order chi connectivity index (χ1) is 8.81. The second-order valence-electron chi connectivity index (χ2n) is 4.81. The maximum atomic E-state index is 4.01. The Labute approximate surface area is 111 Å². The highest BCUT2D eigenvalue weighted by molar-refractivity contribution is 5.68. The third kappa shape index (κ3) is 3.22. The van der Waals surface area contributed by atoms with Gasteiger partial charge in [-0.05, 0) is 42.0 Å². The van der Waals surface area contributed by atoms with Crippen molar-refractivity contribution in [2.24, 2.45) is 0 Å². The number of hydrogen-bond acceptors (Lipinski definition) is 0. The zero-order valence-corrected chi connectivity index (χ0v) is 11.2. The molecule has 0 heteroatoms. The van der Waals surface area contributed by atoms with Crippen LogP contribution in [0.4, 0.5) is 0 Å². The van der Waals surface area contributed by atoms with Gasteiger partial charge >= 0.3 is 0 Å². The molecule has 0 atom stereocenters. The molecule has 0 bridgehead atoms. The van der Waals surface area contributed by atoms with Crippen molar-refractivity contribution in [3.05, 3.63) is 66.6 Å². The van der Waals surface area contributed by atoms with Crippen LogP contribution in [0.2, 0.25) is 0 Å². The van der Waals surface area contributed by atoms with Gasteiger partial charge in [0.15, 0.2) is 0 Å². The van der Waals surface area contributed by atoms with E-state index in [0.717, 1.165) is 5.56 Å². The van der Waals surface area contributed by atoms with Gasteiger partial charge in [0, 0.05) is 0 Å². The topological polar surface area (TPSA) is 0 Å². The van der Waals surface area contributed by atoms with E-state index in [1.165, 1.54) is 42.4 Å². The van der Waals surface area contributed by atoms with E-state index >= 15 is 0 Å². The van der Waals surface area contributed by atoms with Crippen LogP contribution in [0.1, 0.15) is 37.3 Å². The lowest BCUT2D eigenvalue weighted by molar-refractivity contribution is 0.718. The van der Waals surface area contributed by atoms with Crippen molar-refractivity contribution < 1.29 is 0 Å². The molecule has 2 aromatic rings. The van der Waals surface area contributed by atoms with E-state index < -0.39 is 0 Å². The average molecular weight is 237 g/mol. The van der Waals surface area contributed by atoms with Crippen LogP contribution in [-0.4, -0.2) is 0 Å². The molecule has 0 aliphatic heterocycles. The Balaban J connectivity index is 2.27. The summed E-state index contributed by atoms with van der Waals surface area (Å²) in [6.07, 6.45) is 5.03.